The molecule has 0 aliphatic carbocycles. The van der Waals surface area contributed by atoms with Crippen LogP contribution in [-0.2, 0) is 0 Å². The van der Waals surface area contributed by atoms with Gasteiger partial charge >= 0.3 is 6.61 Å². The lowest BCUT2D eigenvalue weighted by Crippen LogP contribution is -2.39. The molecule has 2 aromatic heterocycles. The van der Waals surface area contributed by atoms with Crippen LogP contribution in [0.4, 0.5) is 14.6 Å². The first-order valence-corrected chi connectivity index (χ1v) is 11.6. The zero-order chi connectivity index (χ0) is 23.8. The Bertz CT molecular complexity index is 1200. The molecular weight excluding hydrogens is 442 g/mol. The molecule has 180 valence electrons. The van der Waals surface area contributed by atoms with Crippen molar-refractivity contribution >= 4 is 17.4 Å². The average Bonchev–Trinajstić information content (AvgIpc) is 3.43. The molecule has 34 heavy (non-hydrogen) atoms. The maximum Gasteiger partial charge on any atom is 0.387 e. The summed E-state index contributed by atoms with van der Waals surface area (Å²) in [6.45, 7) is 1.17. The Labute approximate surface area is 196 Å². The Morgan fingerprint density at radius 3 is 2.79 bits per heavy atom. The molecular formula is C24H28F2N6O2. The lowest BCUT2D eigenvalue weighted by molar-refractivity contribution is -0.0503. The van der Waals surface area contributed by atoms with Crippen molar-refractivity contribution < 1.29 is 18.3 Å². The Hall–Kier alpha value is -3.27. The zero-order valence-electron chi connectivity index (χ0n) is 19.0. The van der Waals surface area contributed by atoms with E-state index in [0.717, 1.165) is 55.8 Å². The molecule has 3 aromatic rings. The van der Waals surface area contributed by atoms with Gasteiger partial charge in [-0.05, 0) is 44.7 Å². The van der Waals surface area contributed by atoms with E-state index in [0.29, 0.717) is 12.2 Å². The van der Waals surface area contributed by atoms with E-state index in [1.807, 2.05) is 19.2 Å². The molecule has 2 aliphatic rings. The number of ether oxygens (including phenoxy) is 1. The van der Waals surface area contributed by atoms with Crippen LogP contribution < -0.4 is 15.4 Å². The summed E-state index contributed by atoms with van der Waals surface area (Å²) in [6, 6.07) is 7.92. The quantitative estimate of drug-likeness (QED) is 0.614. The van der Waals surface area contributed by atoms with Crippen LogP contribution in [0.2, 0.25) is 0 Å². The van der Waals surface area contributed by atoms with Crippen molar-refractivity contribution in [1.82, 2.24) is 19.5 Å². The molecule has 10 heteroatoms. The van der Waals surface area contributed by atoms with Gasteiger partial charge in [0.2, 0.25) is 0 Å². The molecule has 1 aromatic carbocycles. The van der Waals surface area contributed by atoms with E-state index >= 15 is 0 Å². The molecule has 2 fully saturated rings. The Morgan fingerprint density at radius 2 is 2.03 bits per heavy atom. The number of amides is 1. The van der Waals surface area contributed by atoms with Gasteiger partial charge in [-0.15, -0.1) is 0 Å². The van der Waals surface area contributed by atoms with Gasteiger partial charge in [-0.25, -0.2) is 9.50 Å². The van der Waals surface area contributed by atoms with Crippen molar-refractivity contribution in [2.75, 3.05) is 24.5 Å². The molecule has 0 spiro atoms. The van der Waals surface area contributed by atoms with E-state index in [2.05, 4.69) is 9.64 Å². The van der Waals surface area contributed by atoms with Crippen molar-refractivity contribution in [3.8, 4) is 5.75 Å². The lowest BCUT2D eigenvalue weighted by atomic mass is 9.98. The number of aromatic nitrogens is 3. The molecule has 2 aliphatic heterocycles. The SMILES string of the molecule is Cc1cn2nc([C@@H]3CCCCN3C(=O)c3ccccc3OC(F)F)cc2nc1N1CC[C@H](N)C1. The molecule has 2 atom stereocenters. The third-order valence-corrected chi connectivity index (χ3v) is 6.59. The highest BCUT2D eigenvalue weighted by Gasteiger charge is 2.32. The first kappa shape index (κ1) is 22.5. The van der Waals surface area contributed by atoms with Crippen LogP contribution in [0.3, 0.4) is 0 Å². The van der Waals surface area contributed by atoms with Crippen LogP contribution in [0.15, 0.2) is 36.5 Å². The first-order chi connectivity index (χ1) is 16.4. The van der Waals surface area contributed by atoms with Crippen molar-refractivity contribution in [2.45, 2.75) is 51.3 Å². The summed E-state index contributed by atoms with van der Waals surface area (Å²) in [4.78, 5) is 22.2. The zero-order valence-corrected chi connectivity index (χ0v) is 19.0. The summed E-state index contributed by atoms with van der Waals surface area (Å²) < 4.78 is 32.1. The number of aryl methyl sites for hydroxylation is 1. The maximum atomic E-state index is 13.4. The molecule has 2 saturated heterocycles. The van der Waals surface area contributed by atoms with Crippen molar-refractivity contribution in [3.05, 3.63) is 53.3 Å². The Kier molecular flexibility index (Phi) is 6.07. The number of carbonyl (C=O) groups is 1. The van der Waals surface area contributed by atoms with Gasteiger partial charge in [-0.1, -0.05) is 12.1 Å². The van der Waals surface area contributed by atoms with Crippen LogP contribution in [0, 0.1) is 6.92 Å². The number of para-hydroxylation sites is 1. The minimum atomic E-state index is -3.00. The van der Waals surface area contributed by atoms with Crippen LogP contribution in [0.5, 0.6) is 5.75 Å². The van der Waals surface area contributed by atoms with Crippen molar-refractivity contribution in [3.63, 3.8) is 0 Å². The molecule has 0 bridgehead atoms. The summed E-state index contributed by atoms with van der Waals surface area (Å²) in [5.74, 6) is 0.447. The molecule has 0 saturated carbocycles. The van der Waals surface area contributed by atoms with Gasteiger partial charge in [-0.3, -0.25) is 4.79 Å². The summed E-state index contributed by atoms with van der Waals surface area (Å²) >= 11 is 0. The largest absolute Gasteiger partial charge is 0.434 e. The number of anilines is 1. The summed E-state index contributed by atoms with van der Waals surface area (Å²) in [7, 11) is 0. The highest BCUT2D eigenvalue weighted by atomic mass is 19.3. The number of rotatable bonds is 5. The normalized spacial score (nSPS) is 21.0. The lowest BCUT2D eigenvalue weighted by Gasteiger charge is -2.35. The fourth-order valence-electron chi connectivity index (χ4n) is 4.96. The fraction of sp³-hybridized carbons (Fsp3) is 0.458. The minimum Gasteiger partial charge on any atom is -0.434 e. The predicted molar refractivity (Wildman–Crippen MR) is 123 cm³/mol. The molecule has 5 rings (SSSR count). The number of nitrogens with zero attached hydrogens (tertiary/aromatic N) is 5. The summed E-state index contributed by atoms with van der Waals surface area (Å²) in [6.07, 6.45) is 5.41. The number of halogens is 2. The van der Waals surface area contributed by atoms with E-state index in [-0.39, 0.29) is 29.3 Å². The van der Waals surface area contributed by atoms with Crippen LogP contribution in [-0.4, -0.2) is 57.7 Å². The number of alkyl halides is 2. The van der Waals surface area contributed by atoms with Crippen molar-refractivity contribution in [1.29, 1.82) is 0 Å². The van der Waals surface area contributed by atoms with Gasteiger partial charge in [0.05, 0.1) is 17.3 Å². The number of hydrogen-bond acceptors (Lipinski definition) is 6. The molecule has 4 heterocycles. The van der Waals surface area contributed by atoms with E-state index in [1.54, 1.807) is 21.5 Å². The molecule has 1 amide bonds. The second-order valence-electron chi connectivity index (χ2n) is 9.00. The average molecular weight is 471 g/mol. The number of nitrogens with two attached hydrogens (primary N) is 1. The molecule has 0 radical (unpaired) electrons. The van der Waals surface area contributed by atoms with Gasteiger partial charge in [0, 0.05) is 43.5 Å². The van der Waals surface area contributed by atoms with E-state index in [4.69, 9.17) is 15.8 Å². The van der Waals surface area contributed by atoms with Gasteiger partial charge in [0.1, 0.15) is 11.6 Å². The monoisotopic (exact) mass is 470 g/mol. The highest BCUT2D eigenvalue weighted by molar-refractivity contribution is 5.97. The van der Waals surface area contributed by atoms with Crippen LogP contribution in [0.25, 0.3) is 5.65 Å². The summed E-state index contributed by atoms with van der Waals surface area (Å²) in [5.41, 5.74) is 8.65. The number of benzene rings is 1. The third-order valence-electron chi connectivity index (χ3n) is 6.59. The Morgan fingerprint density at radius 1 is 1.21 bits per heavy atom. The van der Waals surface area contributed by atoms with Crippen molar-refractivity contribution in [2.24, 2.45) is 5.73 Å². The standard InChI is InChI=1S/C24H28F2N6O2/c1-15-13-32-21(28-22(15)30-11-9-16(27)14-30)12-18(29-32)19-7-4-5-10-31(19)23(33)17-6-2-3-8-20(17)34-24(25)26/h2-3,6,8,12-13,16,19,24H,4-5,7,9-11,14,27H2,1H3/t16-,19-/m0/s1. The second kappa shape index (κ2) is 9.17. The molecule has 0 unspecified atom stereocenters. The van der Waals surface area contributed by atoms with Crippen LogP contribution >= 0.6 is 0 Å². The smallest absolute Gasteiger partial charge is 0.387 e. The number of hydrogen-bond donors (Lipinski definition) is 1. The first-order valence-electron chi connectivity index (χ1n) is 11.6. The summed E-state index contributed by atoms with van der Waals surface area (Å²) in [5, 5.41) is 4.74. The third kappa shape index (κ3) is 4.29. The van der Waals surface area contributed by atoms with Gasteiger partial charge in [0.25, 0.3) is 5.91 Å². The number of carbonyl (C=O) groups excluding carboxylic acids is 1. The van der Waals surface area contributed by atoms with E-state index in [1.165, 1.54) is 12.1 Å². The van der Waals surface area contributed by atoms with Gasteiger partial charge in [-0.2, -0.15) is 13.9 Å². The van der Waals surface area contributed by atoms with E-state index < -0.39 is 6.61 Å². The molecule has 8 nitrogen and oxygen atoms in total. The maximum absolute atomic E-state index is 13.4. The number of likely N-dealkylation sites (tertiary alicyclic amines) is 1. The van der Waals surface area contributed by atoms with Crippen LogP contribution in [0.1, 0.15) is 53.3 Å². The van der Waals surface area contributed by atoms with Gasteiger partial charge < -0.3 is 20.3 Å². The highest BCUT2D eigenvalue weighted by Crippen LogP contribution is 2.34. The number of piperidine rings is 1. The second-order valence-corrected chi connectivity index (χ2v) is 9.00. The topological polar surface area (TPSA) is 89.0 Å². The molecule has 2 N–H and O–H groups in total. The van der Waals surface area contributed by atoms with E-state index in [9.17, 15) is 13.6 Å². The fourth-order valence-corrected chi connectivity index (χ4v) is 4.96. The predicted octanol–water partition coefficient (Wildman–Crippen LogP) is 3.54. The number of fused-ring (bicyclic) bond motifs is 1. The van der Waals surface area contributed by atoms with Gasteiger partial charge in [0.15, 0.2) is 5.65 Å². The Balaban J connectivity index is 1.46. The minimum absolute atomic E-state index is 0.118.